The van der Waals surface area contributed by atoms with E-state index < -0.39 is 0 Å². The van der Waals surface area contributed by atoms with Gasteiger partial charge in [0.25, 0.3) is 0 Å². The van der Waals surface area contributed by atoms with Gasteiger partial charge in [0, 0.05) is 31.8 Å². The summed E-state index contributed by atoms with van der Waals surface area (Å²) in [5, 5.41) is 5.86. The maximum absolute atomic E-state index is 12.1. The van der Waals surface area contributed by atoms with Crippen molar-refractivity contribution < 1.29 is 9.59 Å². The van der Waals surface area contributed by atoms with E-state index in [4.69, 9.17) is 0 Å². The predicted octanol–water partition coefficient (Wildman–Crippen LogP) is -0.747. The molecule has 2 amide bonds. The Bertz CT molecular complexity index is 356. The summed E-state index contributed by atoms with van der Waals surface area (Å²) in [5.41, 5.74) is 1.95. The molecule has 0 aromatic heterocycles. The molecule has 0 saturated carbocycles. The molecule has 1 atom stereocenters. The van der Waals surface area contributed by atoms with Crippen LogP contribution < -0.4 is 10.6 Å². The lowest BCUT2D eigenvalue weighted by atomic mass is 10.0. The van der Waals surface area contributed by atoms with Gasteiger partial charge in [-0.1, -0.05) is 0 Å². The van der Waals surface area contributed by atoms with Crippen LogP contribution in [0.15, 0.2) is 11.1 Å². The fourth-order valence-electron chi connectivity index (χ4n) is 1.94. The summed E-state index contributed by atoms with van der Waals surface area (Å²) >= 11 is 0. The molecule has 5 nitrogen and oxygen atoms in total. The monoisotopic (exact) mass is 223 g/mol. The standard InChI is InChI=1S/C11H17N3O2/c1-7(9-5-12-6-9)11(16)14-4-3-13-10(15)8(14)2/h8,12H,3-6H2,1-2H3,(H,13,15). The SMILES string of the molecule is CC(C(=O)N1CCNC(=O)C1C)=C1CNC1. The number of hydrogen-bond acceptors (Lipinski definition) is 3. The average molecular weight is 223 g/mol. The van der Waals surface area contributed by atoms with Crippen molar-refractivity contribution in [2.24, 2.45) is 0 Å². The Labute approximate surface area is 94.9 Å². The fourth-order valence-corrected chi connectivity index (χ4v) is 1.94. The van der Waals surface area contributed by atoms with Gasteiger partial charge in [-0.25, -0.2) is 0 Å². The van der Waals surface area contributed by atoms with E-state index in [1.807, 2.05) is 6.92 Å². The van der Waals surface area contributed by atoms with Crippen LogP contribution in [-0.4, -0.2) is 48.9 Å². The van der Waals surface area contributed by atoms with Crippen molar-refractivity contribution in [2.75, 3.05) is 26.2 Å². The van der Waals surface area contributed by atoms with Gasteiger partial charge in [0.05, 0.1) is 0 Å². The Kier molecular flexibility index (Phi) is 2.96. The number of nitrogens with one attached hydrogen (secondary N) is 2. The first-order valence-corrected chi connectivity index (χ1v) is 5.59. The first kappa shape index (κ1) is 11.1. The van der Waals surface area contributed by atoms with Gasteiger partial charge in [0.2, 0.25) is 11.8 Å². The summed E-state index contributed by atoms with van der Waals surface area (Å²) in [6.45, 7) is 6.36. The summed E-state index contributed by atoms with van der Waals surface area (Å²) in [4.78, 5) is 25.3. The lowest BCUT2D eigenvalue weighted by Gasteiger charge is -2.34. The lowest BCUT2D eigenvalue weighted by Crippen LogP contribution is -2.56. The Morgan fingerprint density at radius 1 is 1.44 bits per heavy atom. The molecular formula is C11H17N3O2. The number of carbonyl (C=O) groups excluding carboxylic acids is 2. The van der Waals surface area contributed by atoms with Crippen LogP contribution in [0.25, 0.3) is 0 Å². The van der Waals surface area contributed by atoms with E-state index >= 15 is 0 Å². The van der Waals surface area contributed by atoms with Crippen LogP contribution in [0.1, 0.15) is 13.8 Å². The number of carbonyl (C=O) groups is 2. The molecule has 0 aromatic carbocycles. The maximum Gasteiger partial charge on any atom is 0.250 e. The number of hydrogen-bond donors (Lipinski definition) is 2. The minimum atomic E-state index is -0.357. The first-order valence-electron chi connectivity index (χ1n) is 5.59. The van der Waals surface area contributed by atoms with Gasteiger partial charge in [-0.15, -0.1) is 0 Å². The molecule has 16 heavy (non-hydrogen) atoms. The molecule has 0 bridgehead atoms. The van der Waals surface area contributed by atoms with Crippen LogP contribution in [0.2, 0.25) is 0 Å². The minimum Gasteiger partial charge on any atom is -0.353 e. The molecule has 2 heterocycles. The second-order valence-corrected chi connectivity index (χ2v) is 4.30. The molecule has 2 saturated heterocycles. The fraction of sp³-hybridized carbons (Fsp3) is 0.636. The van der Waals surface area contributed by atoms with Gasteiger partial charge in [-0.05, 0) is 19.4 Å². The highest BCUT2D eigenvalue weighted by Crippen LogP contribution is 2.14. The molecule has 0 radical (unpaired) electrons. The summed E-state index contributed by atoms with van der Waals surface area (Å²) in [6, 6.07) is -0.357. The van der Waals surface area contributed by atoms with Crippen LogP contribution in [0.3, 0.4) is 0 Å². The molecule has 88 valence electrons. The molecule has 0 aromatic rings. The summed E-state index contributed by atoms with van der Waals surface area (Å²) in [6.07, 6.45) is 0. The van der Waals surface area contributed by atoms with E-state index in [-0.39, 0.29) is 17.9 Å². The summed E-state index contributed by atoms with van der Waals surface area (Å²) in [7, 11) is 0. The first-order chi connectivity index (χ1) is 7.61. The average Bonchev–Trinajstić information content (AvgIpc) is 2.18. The number of amides is 2. The van der Waals surface area contributed by atoms with Gasteiger partial charge in [0.1, 0.15) is 6.04 Å². The second kappa shape index (κ2) is 4.25. The zero-order valence-electron chi connectivity index (χ0n) is 9.67. The molecule has 2 rings (SSSR count). The molecule has 2 fully saturated rings. The van der Waals surface area contributed by atoms with E-state index in [2.05, 4.69) is 10.6 Å². The van der Waals surface area contributed by atoms with Gasteiger partial charge in [-0.2, -0.15) is 0 Å². The summed E-state index contributed by atoms with van der Waals surface area (Å²) in [5.74, 6) is -0.0667. The van der Waals surface area contributed by atoms with Crippen molar-refractivity contribution in [1.29, 1.82) is 0 Å². The van der Waals surface area contributed by atoms with E-state index in [1.165, 1.54) is 0 Å². The Balaban J connectivity index is 2.11. The van der Waals surface area contributed by atoms with E-state index in [0.717, 1.165) is 24.2 Å². The maximum atomic E-state index is 12.1. The normalized spacial score (nSPS) is 24.9. The van der Waals surface area contributed by atoms with Crippen molar-refractivity contribution in [1.82, 2.24) is 15.5 Å². The topological polar surface area (TPSA) is 61.4 Å². The van der Waals surface area contributed by atoms with E-state index in [1.54, 1.807) is 11.8 Å². The van der Waals surface area contributed by atoms with Crippen LogP contribution in [-0.2, 0) is 9.59 Å². The third kappa shape index (κ3) is 1.82. The molecule has 2 aliphatic rings. The van der Waals surface area contributed by atoms with Gasteiger partial charge in [-0.3, -0.25) is 9.59 Å². The zero-order valence-corrected chi connectivity index (χ0v) is 9.67. The van der Waals surface area contributed by atoms with E-state index in [0.29, 0.717) is 13.1 Å². The Morgan fingerprint density at radius 3 is 2.69 bits per heavy atom. The lowest BCUT2D eigenvalue weighted by molar-refractivity contribution is -0.139. The Morgan fingerprint density at radius 2 is 2.12 bits per heavy atom. The molecule has 5 heteroatoms. The van der Waals surface area contributed by atoms with Crippen LogP contribution >= 0.6 is 0 Å². The number of rotatable bonds is 1. The summed E-state index contributed by atoms with van der Waals surface area (Å²) < 4.78 is 0. The van der Waals surface area contributed by atoms with Crippen LogP contribution in [0.4, 0.5) is 0 Å². The molecule has 0 aliphatic carbocycles. The molecular weight excluding hydrogens is 206 g/mol. The van der Waals surface area contributed by atoms with Crippen molar-refractivity contribution in [3.8, 4) is 0 Å². The highest BCUT2D eigenvalue weighted by Gasteiger charge is 2.31. The minimum absolute atomic E-state index is 0.00106. The Hall–Kier alpha value is -1.36. The third-order valence-corrected chi connectivity index (χ3v) is 3.29. The highest BCUT2D eigenvalue weighted by molar-refractivity contribution is 5.97. The number of nitrogens with zero attached hydrogens (tertiary/aromatic N) is 1. The van der Waals surface area contributed by atoms with Crippen LogP contribution in [0.5, 0.6) is 0 Å². The van der Waals surface area contributed by atoms with E-state index in [9.17, 15) is 9.59 Å². The van der Waals surface area contributed by atoms with Crippen molar-refractivity contribution >= 4 is 11.8 Å². The van der Waals surface area contributed by atoms with Crippen molar-refractivity contribution in [3.05, 3.63) is 11.1 Å². The smallest absolute Gasteiger partial charge is 0.250 e. The molecule has 1 unspecified atom stereocenters. The molecule has 0 spiro atoms. The third-order valence-electron chi connectivity index (χ3n) is 3.29. The molecule has 2 N–H and O–H groups in total. The number of piperazine rings is 1. The second-order valence-electron chi connectivity index (χ2n) is 4.30. The molecule has 2 aliphatic heterocycles. The zero-order chi connectivity index (χ0) is 11.7. The van der Waals surface area contributed by atoms with Gasteiger partial charge >= 0.3 is 0 Å². The van der Waals surface area contributed by atoms with Gasteiger partial charge in [0.15, 0.2) is 0 Å². The quantitative estimate of drug-likeness (QED) is 0.575. The largest absolute Gasteiger partial charge is 0.353 e. The van der Waals surface area contributed by atoms with Crippen molar-refractivity contribution in [2.45, 2.75) is 19.9 Å². The predicted molar refractivity (Wildman–Crippen MR) is 59.8 cm³/mol. The van der Waals surface area contributed by atoms with Crippen molar-refractivity contribution in [3.63, 3.8) is 0 Å². The van der Waals surface area contributed by atoms with Crippen LogP contribution in [0, 0.1) is 0 Å². The van der Waals surface area contributed by atoms with Gasteiger partial charge < -0.3 is 15.5 Å². The highest BCUT2D eigenvalue weighted by atomic mass is 16.2.